The summed E-state index contributed by atoms with van der Waals surface area (Å²) < 4.78 is 0. The molecule has 1 unspecified atom stereocenters. The van der Waals surface area contributed by atoms with E-state index in [4.69, 9.17) is 11.6 Å². The minimum atomic E-state index is 0.293. The van der Waals surface area contributed by atoms with E-state index in [0.29, 0.717) is 17.1 Å². The van der Waals surface area contributed by atoms with Gasteiger partial charge in [0.25, 0.3) is 0 Å². The lowest BCUT2D eigenvalue weighted by Gasteiger charge is -2.13. The number of nitrogens with zero attached hydrogens (tertiary/aromatic N) is 2. The Morgan fingerprint density at radius 3 is 2.53 bits per heavy atom. The molecule has 0 aromatic carbocycles. The maximum atomic E-state index is 5.93. The maximum Gasteiger partial charge on any atom is 0.135 e. The third-order valence-corrected chi connectivity index (χ3v) is 2.43. The van der Waals surface area contributed by atoms with Crippen LogP contribution in [-0.2, 0) is 0 Å². The summed E-state index contributed by atoms with van der Waals surface area (Å²) in [5.74, 6) is 1.89. The molecule has 1 rings (SSSR count). The molecule has 0 fully saturated rings. The topological polar surface area (TPSA) is 37.8 Å². The molecular formula is C11H18ClN3. The zero-order chi connectivity index (χ0) is 11.4. The molecule has 0 bridgehead atoms. The first-order valence-electron chi connectivity index (χ1n) is 5.34. The number of anilines is 1. The van der Waals surface area contributed by atoms with Crippen molar-refractivity contribution in [3.05, 3.63) is 17.0 Å². The lowest BCUT2D eigenvalue weighted by atomic mass is 10.2. The Bertz CT molecular complexity index is 326. The molecule has 1 N–H and O–H groups in total. The monoisotopic (exact) mass is 227 g/mol. The molecule has 15 heavy (non-hydrogen) atoms. The minimum absolute atomic E-state index is 0.293. The van der Waals surface area contributed by atoms with E-state index >= 15 is 0 Å². The lowest BCUT2D eigenvalue weighted by molar-refractivity contribution is 0.741. The van der Waals surface area contributed by atoms with Crippen molar-refractivity contribution in [2.24, 2.45) is 0 Å². The number of nitrogens with one attached hydrogen (secondary N) is 1. The van der Waals surface area contributed by atoms with Gasteiger partial charge in [0, 0.05) is 18.0 Å². The molecule has 0 aliphatic carbocycles. The van der Waals surface area contributed by atoms with Crippen LogP contribution in [0, 0.1) is 0 Å². The van der Waals surface area contributed by atoms with Gasteiger partial charge >= 0.3 is 0 Å². The van der Waals surface area contributed by atoms with Gasteiger partial charge in [-0.05, 0) is 13.3 Å². The van der Waals surface area contributed by atoms with Crippen LogP contribution in [0.15, 0.2) is 6.07 Å². The van der Waals surface area contributed by atoms with E-state index in [-0.39, 0.29) is 0 Å². The first kappa shape index (κ1) is 12.2. The largest absolute Gasteiger partial charge is 0.367 e. The fourth-order valence-electron chi connectivity index (χ4n) is 1.12. The van der Waals surface area contributed by atoms with Crippen LogP contribution in [0.1, 0.15) is 45.9 Å². The predicted octanol–water partition coefficient (Wildman–Crippen LogP) is 3.46. The second-order valence-corrected chi connectivity index (χ2v) is 4.43. The van der Waals surface area contributed by atoms with Gasteiger partial charge in [-0.2, -0.15) is 0 Å². The third kappa shape index (κ3) is 3.67. The molecule has 0 saturated heterocycles. The Hall–Kier alpha value is -0.830. The van der Waals surface area contributed by atoms with Gasteiger partial charge in [-0.3, -0.25) is 0 Å². The van der Waals surface area contributed by atoms with Crippen molar-refractivity contribution < 1.29 is 0 Å². The van der Waals surface area contributed by atoms with Gasteiger partial charge in [-0.15, -0.1) is 0 Å². The van der Waals surface area contributed by atoms with Crippen molar-refractivity contribution in [1.82, 2.24) is 9.97 Å². The van der Waals surface area contributed by atoms with Crippen LogP contribution < -0.4 is 5.32 Å². The van der Waals surface area contributed by atoms with Crippen LogP contribution in [0.3, 0.4) is 0 Å². The second-order valence-electron chi connectivity index (χ2n) is 4.04. The Morgan fingerprint density at radius 1 is 1.33 bits per heavy atom. The average Bonchev–Trinajstić information content (AvgIpc) is 2.16. The SMILES string of the molecule is CCC(C)Nc1cc(Cl)nc(C(C)C)n1. The van der Waals surface area contributed by atoms with Crippen LogP contribution in [0.25, 0.3) is 0 Å². The van der Waals surface area contributed by atoms with E-state index < -0.39 is 0 Å². The van der Waals surface area contributed by atoms with E-state index in [0.717, 1.165) is 18.1 Å². The highest BCUT2D eigenvalue weighted by Crippen LogP contribution is 2.17. The van der Waals surface area contributed by atoms with Crippen molar-refractivity contribution in [1.29, 1.82) is 0 Å². The number of hydrogen-bond donors (Lipinski definition) is 1. The van der Waals surface area contributed by atoms with Gasteiger partial charge in [-0.1, -0.05) is 32.4 Å². The van der Waals surface area contributed by atoms with Crippen molar-refractivity contribution >= 4 is 17.4 Å². The first-order valence-corrected chi connectivity index (χ1v) is 5.71. The zero-order valence-corrected chi connectivity index (χ0v) is 10.5. The van der Waals surface area contributed by atoms with Crippen LogP contribution >= 0.6 is 11.6 Å². The Labute approximate surface area is 96.3 Å². The maximum absolute atomic E-state index is 5.93. The molecule has 3 nitrogen and oxygen atoms in total. The molecule has 0 amide bonds. The average molecular weight is 228 g/mol. The van der Waals surface area contributed by atoms with Crippen LogP contribution in [0.4, 0.5) is 5.82 Å². The summed E-state index contributed by atoms with van der Waals surface area (Å²) in [6.07, 6.45) is 1.05. The zero-order valence-electron chi connectivity index (χ0n) is 9.71. The van der Waals surface area contributed by atoms with Crippen molar-refractivity contribution in [3.63, 3.8) is 0 Å². The number of rotatable bonds is 4. The van der Waals surface area contributed by atoms with Crippen molar-refractivity contribution in [2.45, 2.75) is 46.1 Å². The second kappa shape index (κ2) is 5.31. The van der Waals surface area contributed by atoms with Gasteiger partial charge in [0.2, 0.25) is 0 Å². The Kier molecular flexibility index (Phi) is 4.33. The molecule has 1 heterocycles. The number of aromatic nitrogens is 2. The highest BCUT2D eigenvalue weighted by molar-refractivity contribution is 6.29. The summed E-state index contributed by atoms with van der Waals surface area (Å²) in [7, 11) is 0. The highest BCUT2D eigenvalue weighted by atomic mass is 35.5. The molecule has 4 heteroatoms. The summed E-state index contributed by atoms with van der Waals surface area (Å²) in [5.41, 5.74) is 0. The quantitative estimate of drug-likeness (QED) is 0.801. The van der Waals surface area contributed by atoms with E-state index in [1.54, 1.807) is 6.07 Å². The van der Waals surface area contributed by atoms with Crippen LogP contribution in [0.5, 0.6) is 0 Å². The van der Waals surface area contributed by atoms with Gasteiger partial charge < -0.3 is 5.32 Å². The summed E-state index contributed by atoms with van der Waals surface area (Å²) in [4.78, 5) is 8.60. The van der Waals surface area contributed by atoms with Crippen molar-refractivity contribution in [2.75, 3.05) is 5.32 Å². The summed E-state index contributed by atoms with van der Waals surface area (Å²) in [6.45, 7) is 8.35. The Balaban J connectivity index is 2.88. The standard InChI is InChI=1S/C11H18ClN3/c1-5-8(4)13-10-6-9(12)14-11(15-10)7(2)3/h6-8H,5H2,1-4H3,(H,13,14,15). The van der Waals surface area contributed by atoms with E-state index in [2.05, 4.69) is 43.0 Å². The smallest absolute Gasteiger partial charge is 0.135 e. The van der Waals surface area contributed by atoms with Gasteiger partial charge in [0.05, 0.1) is 0 Å². The molecule has 1 atom stereocenters. The summed E-state index contributed by atoms with van der Waals surface area (Å²) >= 11 is 5.93. The van der Waals surface area contributed by atoms with Gasteiger partial charge in [0.1, 0.15) is 16.8 Å². The molecule has 1 aromatic rings. The molecule has 1 aromatic heterocycles. The summed E-state index contributed by atoms with van der Waals surface area (Å²) in [5, 5.41) is 3.79. The first-order chi connectivity index (χ1) is 7.02. The van der Waals surface area contributed by atoms with Gasteiger partial charge in [-0.25, -0.2) is 9.97 Å². The fraction of sp³-hybridized carbons (Fsp3) is 0.636. The van der Waals surface area contributed by atoms with Gasteiger partial charge in [0.15, 0.2) is 0 Å². The lowest BCUT2D eigenvalue weighted by Crippen LogP contribution is -2.15. The van der Waals surface area contributed by atoms with Crippen molar-refractivity contribution in [3.8, 4) is 0 Å². The fourth-order valence-corrected chi connectivity index (χ4v) is 1.31. The minimum Gasteiger partial charge on any atom is -0.367 e. The molecular weight excluding hydrogens is 210 g/mol. The summed E-state index contributed by atoms with van der Waals surface area (Å²) in [6, 6.07) is 2.16. The molecule has 0 spiro atoms. The molecule has 84 valence electrons. The van der Waals surface area contributed by atoms with E-state index in [9.17, 15) is 0 Å². The molecule has 0 saturated carbocycles. The van der Waals surface area contributed by atoms with E-state index in [1.807, 2.05) is 0 Å². The van der Waals surface area contributed by atoms with Crippen LogP contribution in [-0.4, -0.2) is 16.0 Å². The Morgan fingerprint density at radius 2 is 2.00 bits per heavy atom. The normalized spacial score (nSPS) is 12.9. The van der Waals surface area contributed by atoms with E-state index in [1.165, 1.54) is 0 Å². The number of hydrogen-bond acceptors (Lipinski definition) is 3. The third-order valence-electron chi connectivity index (χ3n) is 2.24. The highest BCUT2D eigenvalue weighted by Gasteiger charge is 2.08. The molecule has 0 aliphatic rings. The molecule has 0 radical (unpaired) electrons. The van der Waals surface area contributed by atoms with Crippen LogP contribution in [0.2, 0.25) is 5.15 Å². The predicted molar refractivity (Wildman–Crippen MR) is 64.5 cm³/mol. The molecule has 0 aliphatic heterocycles. The number of halogens is 1.